The molecule has 1 heterocycles. The van der Waals surface area contributed by atoms with Crippen molar-refractivity contribution in [1.82, 2.24) is 5.32 Å². The van der Waals surface area contributed by atoms with Crippen molar-refractivity contribution in [3.8, 4) is 0 Å². The zero-order chi connectivity index (χ0) is 7.68. The largest absolute Gasteiger partial charge is 0.467 e. The van der Waals surface area contributed by atoms with Crippen molar-refractivity contribution < 1.29 is 4.42 Å². The molecule has 0 radical (unpaired) electrons. The van der Waals surface area contributed by atoms with Crippen molar-refractivity contribution in [2.75, 3.05) is 0 Å². The number of hydrogen-bond donors (Lipinski definition) is 1. The first-order chi connectivity index (χ1) is 5.36. The van der Waals surface area contributed by atoms with Crippen LogP contribution in [0.15, 0.2) is 21.2 Å². The van der Waals surface area contributed by atoms with Crippen LogP contribution in [0.3, 0.4) is 0 Å². The average Bonchev–Trinajstić information content (AvgIpc) is 2.73. The van der Waals surface area contributed by atoms with Gasteiger partial charge in [0.2, 0.25) is 0 Å². The van der Waals surface area contributed by atoms with Gasteiger partial charge >= 0.3 is 0 Å². The van der Waals surface area contributed by atoms with Crippen LogP contribution in [0.25, 0.3) is 0 Å². The van der Waals surface area contributed by atoms with Gasteiger partial charge in [-0.25, -0.2) is 0 Å². The summed E-state index contributed by atoms with van der Waals surface area (Å²) < 4.78 is 6.29. The maximum atomic E-state index is 5.23. The van der Waals surface area contributed by atoms with Crippen LogP contribution in [0.5, 0.6) is 0 Å². The summed E-state index contributed by atoms with van der Waals surface area (Å²) in [7, 11) is 0. The monoisotopic (exact) mass is 215 g/mol. The minimum absolute atomic E-state index is 0.743. The lowest BCUT2D eigenvalue weighted by Crippen LogP contribution is -2.14. The van der Waals surface area contributed by atoms with Gasteiger partial charge in [0.05, 0.1) is 17.3 Å². The maximum absolute atomic E-state index is 5.23. The van der Waals surface area contributed by atoms with Gasteiger partial charge in [0, 0.05) is 6.04 Å². The van der Waals surface area contributed by atoms with Crippen molar-refractivity contribution in [2.24, 2.45) is 0 Å². The highest BCUT2D eigenvalue weighted by atomic mass is 79.9. The SMILES string of the molecule is Brc1ccoc1CNC1CC1. The number of rotatable bonds is 3. The molecule has 3 heteroatoms. The van der Waals surface area contributed by atoms with Crippen LogP contribution in [0.1, 0.15) is 18.6 Å². The van der Waals surface area contributed by atoms with Gasteiger partial charge in [-0.05, 0) is 34.8 Å². The Balaban J connectivity index is 1.89. The zero-order valence-electron chi connectivity index (χ0n) is 6.14. The summed E-state index contributed by atoms with van der Waals surface area (Å²) in [5.41, 5.74) is 0. The molecule has 11 heavy (non-hydrogen) atoms. The molecule has 60 valence electrons. The highest BCUT2D eigenvalue weighted by Crippen LogP contribution is 2.22. The van der Waals surface area contributed by atoms with E-state index in [4.69, 9.17) is 4.42 Å². The van der Waals surface area contributed by atoms with Crippen molar-refractivity contribution in [3.05, 3.63) is 22.6 Å². The summed E-state index contributed by atoms with van der Waals surface area (Å²) in [4.78, 5) is 0. The molecule has 1 saturated carbocycles. The Morgan fingerprint density at radius 1 is 1.64 bits per heavy atom. The van der Waals surface area contributed by atoms with Crippen LogP contribution in [0, 0.1) is 0 Å². The third kappa shape index (κ3) is 1.84. The Hall–Kier alpha value is -0.280. The summed E-state index contributed by atoms with van der Waals surface area (Å²) >= 11 is 3.40. The molecular formula is C8H10BrNO. The van der Waals surface area contributed by atoms with Gasteiger partial charge in [0.15, 0.2) is 0 Å². The minimum atomic E-state index is 0.743. The molecule has 2 rings (SSSR count). The van der Waals surface area contributed by atoms with E-state index in [9.17, 15) is 0 Å². The van der Waals surface area contributed by atoms with E-state index in [0.717, 1.165) is 22.8 Å². The number of furan rings is 1. The lowest BCUT2D eigenvalue weighted by Gasteiger charge is -1.98. The lowest BCUT2D eigenvalue weighted by molar-refractivity contribution is 0.480. The standard InChI is InChI=1S/C8H10BrNO/c9-7-3-4-11-8(7)5-10-6-1-2-6/h3-4,6,10H,1-2,5H2. The van der Waals surface area contributed by atoms with E-state index in [1.165, 1.54) is 12.8 Å². The Labute approximate surface area is 74.1 Å². The molecule has 2 nitrogen and oxygen atoms in total. The molecule has 0 aromatic carbocycles. The highest BCUT2D eigenvalue weighted by Gasteiger charge is 2.20. The second-order valence-corrected chi connectivity index (χ2v) is 3.70. The average molecular weight is 216 g/mol. The quantitative estimate of drug-likeness (QED) is 0.838. The van der Waals surface area contributed by atoms with Crippen molar-refractivity contribution in [2.45, 2.75) is 25.4 Å². The van der Waals surface area contributed by atoms with Crippen LogP contribution in [0.4, 0.5) is 0 Å². The Morgan fingerprint density at radius 2 is 2.45 bits per heavy atom. The van der Waals surface area contributed by atoms with Gasteiger partial charge < -0.3 is 9.73 Å². The van der Waals surface area contributed by atoms with Gasteiger partial charge in [0.25, 0.3) is 0 Å². The fraction of sp³-hybridized carbons (Fsp3) is 0.500. The van der Waals surface area contributed by atoms with Gasteiger partial charge in [0.1, 0.15) is 5.76 Å². The molecule has 0 saturated heterocycles. The molecule has 1 N–H and O–H groups in total. The van der Waals surface area contributed by atoms with E-state index in [-0.39, 0.29) is 0 Å². The third-order valence-corrected chi connectivity index (χ3v) is 2.53. The summed E-state index contributed by atoms with van der Waals surface area (Å²) in [6.45, 7) is 0.845. The molecule has 1 aromatic rings. The Kier molecular flexibility index (Phi) is 2.00. The smallest absolute Gasteiger partial charge is 0.131 e. The molecule has 0 atom stereocenters. The van der Waals surface area contributed by atoms with Crippen LogP contribution >= 0.6 is 15.9 Å². The first-order valence-corrected chi connectivity index (χ1v) is 4.61. The molecule has 0 amide bonds. The van der Waals surface area contributed by atoms with Crippen molar-refractivity contribution in [1.29, 1.82) is 0 Å². The van der Waals surface area contributed by atoms with Gasteiger partial charge in [-0.3, -0.25) is 0 Å². The van der Waals surface area contributed by atoms with Gasteiger partial charge in [-0.2, -0.15) is 0 Å². The lowest BCUT2D eigenvalue weighted by atomic mass is 10.4. The molecular weight excluding hydrogens is 206 g/mol. The second-order valence-electron chi connectivity index (χ2n) is 2.85. The summed E-state index contributed by atoms with van der Waals surface area (Å²) in [5, 5.41) is 3.38. The van der Waals surface area contributed by atoms with Crippen LogP contribution in [-0.4, -0.2) is 6.04 Å². The van der Waals surface area contributed by atoms with E-state index in [2.05, 4.69) is 21.2 Å². The van der Waals surface area contributed by atoms with Crippen molar-refractivity contribution >= 4 is 15.9 Å². The van der Waals surface area contributed by atoms with Gasteiger partial charge in [-0.15, -0.1) is 0 Å². The van der Waals surface area contributed by atoms with Crippen molar-refractivity contribution in [3.63, 3.8) is 0 Å². The number of nitrogens with one attached hydrogen (secondary N) is 1. The van der Waals surface area contributed by atoms with Crippen LogP contribution in [0.2, 0.25) is 0 Å². The molecule has 1 fully saturated rings. The summed E-state index contributed by atoms with van der Waals surface area (Å²) in [6.07, 6.45) is 4.34. The minimum Gasteiger partial charge on any atom is -0.467 e. The van der Waals surface area contributed by atoms with Crippen LogP contribution < -0.4 is 5.32 Å². The molecule has 1 aromatic heterocycles. The van der Waals surface area contributed by atoms with E-state index in [0.29, 0.717) is 0 Å². The first-order valence-electron chi connectivity index (χ1n) is 3.81. The highest BCUT2D eigenvalue weighted by molar-refractivity contribution is 9.10. The predicted molar refractivity (Wildman–Crippen MR) is 46.3 cm³/mol. The topological polar surface area (TPSA) is 25.2 Å². The first kappa shape index (κ1) is 7.37. The van der Waals surface area contributed by atoms with E-state index in [1.807, 2.05) is 6.07 Å². The summed E-state index contributed by atoms with van der Waals surface area (Å²) in [5.74, 6) is 0.997. The molecule has 0 aliphatic heterocycles. The predicted octanol–water partition coefficient (Wildman–Crippen LogP) is 2.29. The summed E-state index contributed by atoms with van der Waals surface area (Å²) in [6, 6.07) is 2.66. The molecule has 0 spiro atoms. The number of hydrogen-bond acceptors (Lipinski definition) is 2. The zero-order valence-corrected chi connectivity index (χ0v) is 7.73. The maximum Gasteiger partial charge on any atom is 0.131 e. The van der Waals surface area contributed by atoms with Crippen LogP contribution in [-0.2, 0) is 6.54 Å². The Morgan fingerprint density at radius 3 is 3.00 bits per heavy atom. The third-order valence-electron chi connectivity index (χ3n) is 1.82. The fourth-order valence-electron chi connectivity index (χ4n) is 0.976. The van der Waals surface area contributed by atoms with E-state index < -0.39 is 0 Å². The normalized spacial score (nSPS) is 17.2. The molecule has 1 aliphatic rings. The van der Waals surface area contributed by atoms with E-state index in [1.54, 1.807) is 6.26 Å². The fourth-order valence-corrected chi connectivity index (χ4v) is 1.32. The Bertz CT molecular complexity index is 242. The number of halogens is 1. The molecule has 0 unspecified atom stereocenters. The van der Waals surface area contributed by atoms with Gasteiger partial charge in [-0.1, -0.05) is 0 Å². The molecule has 1 aliphatic carbocycles. The second kappa shape index (κ2) is 2.99. The van der Waals surface area contributed by atoms with E-state index >= 15 is 0 Å². The molecule has 0 bridgehead atoms.